The number of hydrogen-bond donors (Lipinski definition) is 3. The molecule has 3 N–H and O–H groups in total. The second-order valence-corrected chi connectivity index (χ2v) is 7.81. The van der Waals surface area contributed by atoms with Crippen LogP contribution in [0.1, 0.15) is 32.8 Å². The molecule has 7 nitrogen and oxygen atoms in total. The molecule has 0 spiro atoms. The van der Waals surface area contributed by atoms with E-state index < -0.39 is 29.9 Å². The average Bonchev–Trinajstić information content (AvgIpc) is 2.66. The molecule has 27 heavy (non-hydrogen) atoms. The number of carbonyl (C=O) groups is 2. The van der Waals surface area contributed by atoms with E-state index in [1.54, 1.807) is 20.8 Å². The molecule has 0 radical (unpaired) electrons. The number of aliphatic hydroxyl groups is 2. The first kappa shape index (κ1) is 21.1. The molecule has 0 aliphatic carbocycles. The largest absolute Gasteiger partial charge is 0.444 e. The summed E-state index contributed by atoms with van der Waals surface area (Å²) in [5, 5.41) is 23.2. The average molecular weight is 382 g/mol. The van der Waals surface area contributed by atoms with Gasteiger partial charge in [-0.15, -0.1) is 0 Å². The van der Waals surface area contributed by atoms with E-state index in [1.165, 1.54) is 29.2 Å². The fourth-order valence-electron chi connectivity index (χ4n) is 2.91. The Kier molecular flexibility index (Phi) is 6.78. The summed E-state index contributed by atoms with van der Waals surface area (Å²) in [5.74, 6) is -0.680. The number of carbonyl (C=O) groups excluding carboxylic acids is 2. The summed E-state index contributed by atoms with van der Waals surface area (Å²) in [5.41, 5.74) is -0.0479. The molecule has 2 rings (SSSR count). The van der Waals surface area contributed by atoms with Crippen molar-refractivity contribution in [2.75, 3.05) is 13.1 Å². The van der Waals surface area contributed by atoms with Crippen molar-refractivity contribution in [2.24, 2.45) is 0 Å². The summed E-state index contributed by atoms with van der Waals surface area (Å²) in [6.07, 6.45) is -2.51. The fraction of sp³-hybridized carbons (Fsp3) is 0.579. The number of alkyl carbamates (subject to hydrolysis) is 1. The molecular formula is C19H27FN2O5. The van der Waals surface area contributed by atoms with E-state index in [9.17, 15) is 24.2 Å². The molecule has 150 valence electrons. The van der Waals surface area contributed by atoms with Gasteiger partial charge < -0.3 is 25.2 Å². The number of amides is 2. The van der Waals surface area contributed by atoms with Gasteiger partial charge in [0.15, 0.2) is 0 Å². The zero-order valence-electron chi connectivity index (χ0n) is 15.8. The molecular weight excluding hydrogens is 355 g/mol. The Bertz CT molecular complexity index is 659. The number of benzene rings is 1. The van der Waals surface area contributed by atoms with Crippen LogP contribution < -0.4 is 5.32 Å². The summed E-state index contributed by atoms with van der Waals surface area (Å²) < 4.78 is 18.2. The third-order valence-electron chi connectivity index (χ3n) is 4.15. The highest BCUT2D eigenvalue weighted by Crippen LogP contribution is 2.16. The van der Waals surface area contributed by atoms with E-state index in [4.69, 9.17) is 4.74 Å². The van der Waals surface area contributed by atoms with Crippen LogP contribution in [0.15, 0.2) is 24.3 Å². The van der Waals surface area contributed by atoms with E-state index in [2.05, 4.69) is 5.32 Å². The van der Waals surface area contributed by atoms with Gasteiger partial charge in [0.05, 0.1) is 24.7 Å². The summed E-state index contributed by atoms with van der Waals surface area (Å²) in [7, 11) is 0. The topological polar surface area (TPSA) is 99.1 Å². The third kappa shape index (κ3) is 6.80. The van der Waals surface area contributed by atoms with Gasteiger partial charge in [0.1, 0.15) is 11.4 Å². The molecule has 1 heterocycles. The number of nitrogens with one attached hydrogen (secondary N) is 1. The summed E-state index contributed by atoms with van der Waals surface area (Å²) >= 11 is 0. The minimum Gasteiger partial charge on any atom is -0.444 e. The lowest BCUT2D eigenvalue weighted by molar-refractivity contribution is -0.132. The normalized spacial score (nSPS) is 23.5. The van der Waals surface area contributed by atoms with Crippen LogP contribution in [0, 0.1) is 5.82 Å². The van der Waals surface area contributed by atoms with Crippen molar-refractivity contribution in [3.8, 4) is 0 Å². The molecule has 2 amide bonds. The van der Waals surface area contributed by atoms with Gasteiger partial charge in [-0.3, -0.25) is 4.79 Å². The van der Waals surface area contributed by atoms with E-state index in [-0.39, 0.29) is 37.7 Å². The second kappa shape index (κ2) is 8.67. The van der Waals surface area contributed by atoms with Crippen molar-refractivity contribution < 1.29 is 28.9 Å². The van der Waals surface area contributed by atoms with Gasteiger partial charge in [-0.25, -0.2) is 9.18 Å². The van der Waals surface area contributed by atoms with Crippen LogP contribution in [-0.4, -0.2) is 64.1 Å². The van der Waals surface area contributed by atoms with Crippen LogP contribution in [0.3, 0.4) is 0 Å². The maximum atomic E-state index is 13.0. The SMILES string of the molecule is CC(C)(C)OC(=O)N[C@@H]1C[C@@H](O)CN(C(=O)Cc2ccc(F)cc2)C[C@H]1O. The summed E-state index contributed by atoms with van der Waals surface area (Å²) in [4.78, 5) is 25.8. The Morgan fingerprint density at radius 2 is 1.85 bits per heavy atom. The van der Waals surface area contributed by atoms with Gasteiger partial charge in [-0.2, -0.15) is 0 Å². The predicted octanol–water partition coefficient (Wildman–Crippen LogP) is 1.22. The predicted molar refractivity (Wildman–Crippen MR) is 96.5 cm³/mol. The lowest BCUT2D eigenvalue weighted by Gasteiger charge is -2.26. The Morgan fingerprint density at radius 1 is 1.22 bits per heavy atom. The highest BCUT2D eigenvalue weighted by Gasteiger charge is 2.33. The van der Waals surface area contributed by atoms with Crippen molar-refractivity contribution >= 4 is 12.0 Å². The number of likely N-dealkylation sites (tertiary alicyclic amines) is 1. The van der Waals surface area contributed by atoms with E-state index >= 15 is 0 Å². The summed E-state index contributed by atoms with van der Waals surface area (Å²) in [6.45, 7) is 5.18. The molecule has 1 aromatic rings. The molecule has 1 saturated heterocycles. The highest BCUT2D eigenvalue weighted by molar-refractivity contribution is 5.79. The van der Waals surface area contributed by atoms with Gasteiger partial charge >= 0.3 is 6.09 Å². The van der Waals surface area contributed by atoms with Crippen LogP contribution in [0.5, 0.6) is 0 Å². The molecule has 1 aliphatic heterocycles. The first-order valence-electron chi connectivity index (χ1n) is 8.91. The minimum atomic E-state index is -1.05. The van der Waals surface area contributed by atoms with E-state index in [0.29, 0.717) is 5.56 Å². The maximum absolute atomic E-state index is 13.0. The zero-order chi connectivity index (χ0) is 20.2. The van der Waals surface area contributed by atoms with E-state index in [1.807, 2.05) is 0 Å². The molecule has 3 atom stereocenters. The molecule has 1 aromatic carbocycles. The number of aliphatic hydroxyl groups excluding tert-OH is 2. The number of rotatable bonds is 3. The number of ether oxygens (including phenoxy) is 1. The van der Waals surface area contributed by atoms with Crippen LogP contribution in [0.4, 0.5) is 9.18 Å². The van der Waals surface area contributed by atoms with E-state index in [0.717, 1.165) is 0 Å². The van der Waals surface area contributed by atoms with Crippen LogP contribution in [0.25, 0.3) is 0 Å². The Morgan fingerprint density at radius 3 is 2.44 bits per heavy atom. The molecule has 0 saturated carbocycles. The molecule has 1 aliphatic rings. The van der Waals surface area contributed by atoms with Gasteiger partial charge in [0.2, 0.25) is 5.91 Å². The number of β-amino-alcohol motifs (C(OH)–C–C–N with tert-alkyl or cyclic N) is 2. The van der Waals surface area contributed by atoms with Crippen LogP contribution >= 0.6 is 0 Å². The van der Waals surface area contributed by atoms with Crippen molar-refractivity contribution in [1.82, 2.24) is 10.2 Å². The monoisotopic (exact) mass is 382 g/mol. The smallest absolute Gasteiger partial charge is 0.407 e. The molecule has 1 fully saturated rings. The zero-order valence-corrected chi connectivity index (χ0v) is 15.8. The van der Waals surface area contributed by atoms with Gasteiger partial charge in [-0.05, 0) is 44.9 Å². The number of nitrogens with zero attached hydrogens (tertiary/aromatic N) is 1. The fourth-order valence-corrected chi connectivity index (χ4v) is 2.91. The van der Waals surface area contributed by atoms with Crippen molar-refractivity contribution in [3.63, 3.8) is 0 Å². The van der Waals surface area contributed by atoms with Crippen molar-refractivity contribution in [2.45, 2.75) is 57.5 Å². The van der Waals surface area contributed by atoms with Crippen molar-refractivity contribution in [3.05, 3.63) is 35.6 Å². The lowest BCUT2D eigenvalue weighted by Crippen LogP contribution is -2.48. The maximum Gasteiger partial charge on any atom is 0.407 e. The standard InChI is InChI=1S/C19H27FN2O5/c1-19(2,3)27-18(26)21-15-9-14(23)10-22(11-16(15)24)17(25)8-12-4-6-13(20)7-5-12/h4-7,14-16,23-24H,8-11H2,1-3H3,(H,21,26)/t14-,15-,16-/m1/s1. The van der Waals surface area contributed by atoms with Crippen LogP contribution in [0.2, 0.25) is 0 Å². The molecule has 8 heteroatoms. The molecule has 0 aromatic heterocycles. The second-order valence-electron chi connectivity index (χ2n) is 7.81. The Labute approximate surface area is 158 Å². The van der Waals surface area contributed by atoms with Crippen LogP contribution in [-0.2, 0) is 16.0 Å². The number of halogens is 1. The Balaban J connectivity index is 1.98. The third-order valence-corrected chi connectivity index (χ3v) is 4.15. The first-order chi connectivity index (χ1) is 12.5. The lowest BCUT2D eigenvalue weighted by atomic mass is 10.1. The molecule has 0 unspecified atom stereocenters. The van der Waals surface area contributed by atoms with Gasteiger partial charge in [-0.1, -0.05) is 12.1 Å². The summed E-state index contributed by atoms with van der Waals surface area (Å²) in [6, 6.07) is 4.85. The molecule has 0 bridgehead atoms. The van der Waals surface area contributed by atoms with Gasteiger partial charge in [0.25, 0.3) is 0 Å². The van der Waals surface area contributed by atoms with Crippen molar-refractivity contribution in [1.29, 1.82) is 0 Å². The minimum absolute atomic E-state index is 0.0302. The van der Waals surface area contributed by atoms with Gasteiger partial charge in [0, 0.05) is 13.1 Å². The first-order valence-corrected chi connectivity index (χ1v) is 8.91. The quantitative estimate of drug-likeness (QED) is 0.730. The highest BCUT2D eigenvalue weighted by atomic mass is 19.1. The Hall–Kier alpha value is -2.19. The number of hydrogen-bond acceptors (Lipinski definition) is 5.